The normalized spacial score (nSPS) is 10.9. The summed E-state index contributed by atoms with van der Waals surface area (Å²) in [4.78, 5) is 3.25. The molecule has 18 heavy (non-hydrogen) atoms. The molecule has 3 rings (SSSR count). The van der Waals surface area contributed by atoms with Crippen LogP contribution in [0.1, 0.15) is 11.1 Å². The van der Waals surface area contributed by atoms with Gasteiger partial charge in [-0.3, -0.25) is 0 Å². The van der Waals surface area contributed by atoms with Crippen LogP contribution < -0.4 is 0 Å². The van der Waals surface area contributed by atoms with E-state index < -0.39 is 0 Å². The molecule has 1 N–H and O–H groups in total. The van der Waals surface area contributed by atoms with Gasteiger partial charge in [0.25, 0.3) is 0 Å². The van der Waals surface area contributed by atoms with Crippen LogP contribution in [0.4, 0.5) is 0 Å². The number of fused-ring (bicyclic) bond motifs is 1. The minimum Gasteiger partial charge on any atom is -0.331 e. The Balaban J connectivity index is 2.14. The van der Waals surface area contributed by atoms with Crippen LogP contribution >= 0.6 is 12.2 Å². The van der Waals surface area contributed by atoms with E-state index in [0.717, 1.165) is 16.8 Å². The third-order valence-corrected chi connectivity index (χ3v) is 3.44. The number of aromatic nitrogens is 2. The molecule has 0 bridgehead atoms. The van der Waals surface area contributed by atoms with Crippen molar-refractivity contribution in [3.05, 3.63) is 64.4 Å². The van der Waals surface area contributed by atoms with Gasteiger partial charge in [-0.2, -0.15) is 0 Å². The highest BCUT2D eigenvalue weighted by molar-refractivity contribution is 7.71. The van der Waals surface area contributed by atoms with Crippen LogP contribution in [0.25, 0.3) is 11.0 Å². The summed E-state index contributed by atoms with van der Waals surface area (Å²) < 4.78 is 2.92. The fourth-order valence-corrected chi connectivity index (χ4v) is 2.46. The number of rotatable bonds is 2. The van der Waals surface area contributed by atoms with Gasteiger partial charge in [0.2, 0.25) is 0 Å². The Morgan fingerprint density at radius 1 is 1.11 bits per heavy atom. The Morgan fingerprint density at radius 2 is 1.89 bits per heavy atom. The van der Waals surface area contributed by atoms with Crippen molar-refractivity contribution in [2.75, 3.05) is 0 Å². The number of nitrogens with zero attached hydrogens (tertiary/aromatic N) is 1. The second kappa shape index (κ2) is 4.42. The molecule has 90 valence electrons. The number of benzene rings is 2. The van der Waals surface area contributed by atoms with Gasteiger partial charge in [-0.15, -0.1) is 0 Å². The zero-order chi connectivity index (χ0) is 12.5. The largest absolute Gasteiger partial charge is 0.331 e. The van der Waals surface area contributed by atoms with Gasteiger partial charge in [0.05, 0.1) is 17.6 Å². The average molecular weight is 254 g/mol. The maximum atomic E-state index is 5.40. The zero-order valence-electron chi connectivity index (χ0n) is 10.2. The van der Waals surface area contributed by atoms with Crippen LogP contribution in [0, 0.1) is 11.7 Å². The second-order valence-corrected chi connectivity index (χ2v) is 4.91. The van der Waals surface area contributed by atoms with E-state index in [9.17, 15) is 0 Å². The molecule has 3 aromatic rings. The first-order chi connectivity index (χ1) is 8.74. The molecule has 3 heteroatoms. The van der Waals surface area contributed by atoms with Crippen molar-refractivity contribution >= 4 is 23.3 Å². The van der Waals surface area contributed by atoms with Crippen molar-refractivity contribution in [2.45, 2.75) is 13.5 Å². The van der Waals surface area contributed by atoms with Crippen molar-refractivity contribution in [3.8, 4) is 0 Å². The van der Waals surface area contributed by atoms with Gasteiger partial charge in [-0.1, -0.05) is 36.4 Å². The van der Waals surface area contributed by atoms with Crippen molar-refractivity contribution in [2.24, 2.45) is 0 Å². The molecule has 0 saturated heterocycles. The van der Waals surface area contributed by atoms with Gasteiger partial charge in [-0.25, -0.2) is 0 Å². The number of hydrogen-bond acceptors (Lipinski definition) is 1. The van der Waals surface area contributed by atoms with Gasteiger partial charge in [0.1, 0.15) is 0 Å². The molecule has 0 saturated carbocycles. The molecule has 0 fully saturated rings. The summed E-state index contributed by atoms with van der Waals surface area (Å²) in [6.07, 6.45) is 0. The summed E-state index contributed by atoms with van der Waals surface area (Å²) in [5, 5.41) is 0. The van der Waals surface area contributed by atoms with Crippen LogP contribution in [-0.4, -0.2) is 9.55 Å². The van der Waals surface area contributed by atoms with E-state index in [2.05, 4.69) is 58.9 Å². The van der Waals surface area contributed by atoms with Gasteiger partial charge < -0.3 is 9.55 Å². The van der Waals surface area contributed by atoms with Crippen molar-refractivity contribution in [1.29, 1.82) is 0 Å². The molecule has 0 spiro atoms. The first-order valence-corrected chi connectivity index (χ1v) is 6.38. The molecular weight excluding hydrogens is 240 g/mol. The molecule has 2 nitrogen and oxygen atoms in total. The van der Waals surface area contributed by atoms with E-state index in [1.165, 1.54) is 16.6 Å². The summed E-state index contributed by atoms with van der Waals surface area (Å²) in [6, 6.07) is 16.7. The number of imidazole rings is 1. The fraction of sp³-hybridized carbons (Fsp3) is 0.133. The number of nitrogens with one attached hydrogen (secondary N) is 1. The topological polar surface area (TPSA) is 20.7 Å². The average Bonchev–Trinajstić information content (AvgIpc) is 2.67. The minimum absolute atomic E-state index is 0.777. The molecule has 0 radical (unpaired) electrons. The zero-order valence-corrected chi connectivity index (χ0v) is 11.0. The number of H-pyrrole nitrogens is 1. The van der Waals surface area contributed by atoms with Gasteiger partial charge >= 0.3 is 0 Å². The molecule has 2 aromatic carbocycles. The first-order valence-electron chi connectivity index (χ1n) is 5.97. The number of hydrogen-bond donors (Lipinski definition) is 1. The predicted molar refractivity (Wildman–Crippen MR) is 77.4 cm³/mol. The van der Waals surface area contributed by atoms with E-state index in [0.29, 0.717) is 0 Å². The van der Waals surface area contributed by atoms with Crippen LogP contribution in [0.2, 0.25) is 0 Å². The smallest absolute Gasteiger partial charge is 0.178 e. The van der Waals surface area contributed by atoms with Gasteiger partial charge in [0.15, 0.2) is 4.77 Å². The van der Waals surface area contributed by atoms with Gasteiger partial charge in [0, 0.05) is 0 Å². The Hall–Kier alpha value is -1.87. The Labute approximate surface area is 111 Å². The molecule has 0 atom stereocenters. The lowest BCUT2D eigenvalue weighted by atomic mass is 10.2. The molecule has 1 heterocycles. The van der Waals surface area contributed by atoms with Crippen LogP contribution in [-0.2, 0) is 6.54 Å². The molecule has 0 amide bonds. The van der Waals surface area contributed by atoms with Crippen molar-refractivity contribution in [1.82, 2.24) is 9.55 Å². The lowest BCUT2D eigenvalue weighted by molar-refractivity contribution is 0.810. The fourth-order valence-electron chi connectivity index (χ4n) is 2.19. The Morgan fingerprint density at radius 3 is 2.67 bits per heavy atom. The lowest BCUT2D eigenvalue weighted by Crippen LogP contribution is -1.99. The highest BCUT2D eigenvalue weighted by Gasteiger charge is 2.04. The quantitative estimate of drug-likeness (QED) is 0.684. The lowest BCUT2D eigenvalue weighted by Gasteiger charge is -2.05. The van der Waals surface area contributed by atoms with E-state index in [-0.39, 0.29) is 0 Å². The summed E-state index contributed by atoms with van der Waals surface area (Å²) in [6.45, 7) is 2.91. The standard InChI is InChI=1S/C15H14N2S/c1-11-7-8-13-14(9-11)17(15(18)16-13)10-12-5-3-2-4-6-12/h2-9H,10H2,1H3,(H,16,18). The Bertz CT molecular complexity index is 738. The molecule has 0 aliphatic heterocycles. The number of aromatic amines is 1. The monoisotopic (exact) mass is 254 g/mol. The van der Waals surface area contributed by atoms with E-state index in [1.807, 2.05) is 6.07 Å². The van der Waals surface area contributed by atoms with Crippen LogP contribution in [0.15, 0.2) is 48.5 Å². The van der Waals surface area contributed by atoms with E-state index in [4.69, 9.17) is 12.2 Å². The minimum atomic E-state index is 0.777. The summed E-state index contributed by atoms with van der Waals surface area (Å²) >= 11 is 5.40. The highest BCUT2D eigenvalue weighted by atomic mass is 32.1. The molecule has 0 aliphatic rings. The summed E-state index contributed by atoms with van der Waals surface area (Å²) in [5.41, 5.74) is 4.78. The van der Waals surface area contributed by atoms with Gasteiger partial charge in [-0.05, 0) is 42.4 Å². The highest BCUT2D eigenvalue weighted by Crippen LogP contribution is 2.17. The summed E-state index contributed by atoms with van der Waals surface area (Å²) in [5.74, 6) is 0. The number of aryl methyl sites for hydroxylation is 1. The molecule has 0 aliphatic carbocycles. The Kier molecular flexibility index (Phi) is 2.76. The van der Waals surface area contributed by atoms with Crippen molar-refractivity contribution < 1.29 is 0 Å². The maximum Gasteiger partial charge on any atom is 0.178 e. The van der Waals surface area contributed by atoms with E-state index in [1.54, 1.807) is 0 Å². The first kappa shape index (κ1) is 11.2. The predicted octanol–water partition coefficient (Wildman–Crippen LogP) is 4.06. The van der Waals surface area contributed by atoms with Crippen LogP contribution in [0.5, 0.6) is 0 Å². The van der Waals surface area contributed by atoms with Crippen molar-refractivity contribution in [3.63, 3.8) is 0 Å². The van der Waals surface area contributed by atoms with Crippen LogP contribution in [0.3, 0.4) is 0 Å². The maximum absolute atomic E-state index is 5.40. The molecular formula is C15H14N2S. The second-order valence-electron chi connectivity index (χ2n) is 4.52. The summed E-state index contributed by atoms with van der Waals surface area (Å²) in [7, 11) is 0. The molecule has 1 aromatic heterocycles. The van der Waals surface area contributed by atoms with E-state index >= 15 is 0 Å². The molecule has 0 unspecified atom stereocenters. The SMILES string of the molecule is Cc1ccc2[nH]c(=S)n(Cc3ccccc3)c2c1. The third kappa shape index (κ3) is 1.97. The third-order valence-electron chi connectivity index (χ3n) is 3.11.